The fourth-order valence-electron chi connectivity index (χ4n) is 4.86. The van der Waals surface area contributed by atoms with Crippen LogP contribution in [0, 0.1) is 17.8 Å². The Hall–Kier alpha value is -0.830. The van der Waals surface area contributed by atoms with Crippen molar-refractivity contribution in [2.45, 2.75) is 51.5 Å². The SMILES string of the molecule is CC[C@@H]1c2ccsc2CCN1C(=O)[C@H]1C[C@H]2CC[C@H]1C2. The van der Waals surface area contributed by atoms with Gasteiger partial charge in [-0.2, -0.15) is 0 Å². The summed E-state index contributed by atoms with van der Waals surface area (Å²) in [6, 6.07) is 2.59. The lowest BCUT2D eigenvalue weighted by Gasteiger charge is -2.38. The molecule has 1 aromatic rings. The molecule has 4 atom stereocenters. The van der Waals surface area contributed by atoms with Crippen LogP contribution in [0.3, 0.4) is 0 Å². The number of hydrogen-bond acceptors (Lipinski definition) is 2. The highest BCUT2D eigenvalue weighted by molar-refractivity contribution is 7.10. The van der Waals surface area contributed by atoms with E-state index in [1.807, 2.05) is 11.3 Å². The number of fused-ring (bicyclic) bond motifs is 3. The molecule has 2 saturated carbocycles. The van der Waals surface area contributed by atoms with E-state index in [1.165, 1.54) is 36.1 Å². The molecule has 2 nitrogen and oxygen atoms in total. The fourth-order valence-corrected chi connectivity index (χ4v) is 5.79. The number of hydrogen-bond donors (Lipinski definition) is 0. The summed E-state index contributed by atoms with van der Waals surface area (Å²) in [5, 5.41) is 2.19. The summed E-state index contributed by atoms with van der Waals surface area (Å²) in [4.78, 5) is 16.8. The van der Waals surface area contributed by atoms with Gasteiger partial charge in [-0.25, -0.2) is 0 Å². The van der Waals surface area contributed by atoms with Gasteiger partial charge in [-0.1, -0.05) is 13.3 Å². The van der Waals surface area contributed by atoms with Crippen molar-refractivity contribution in [1.82, 2.24) is 4.90 Å². The summed E-state index contributed by atoms with van der Waals surface area (Å²) in [7, 11) is 0. The largest absolute Gasteiger partial charge is 0.335 e. The smallest absolute Gasteiger partial charge is 0.226 e. The normalized spacial score (nSPS) is 35.4. The van der Waals surface area contributed by atoms with Crippen LogP contribution in [0.1, 0.15) is 55.5 Å². The summed E-state index contributed by atoms with van der Waals surface area (Å²) >= 11 is 1.86. The number of amides is 1. The van der Waals surface area contributed by atoms with Crippen molar-refractivity contribution in [3.8, 4) is 0 Å². The van der Waals surface area contributed by atoms with Crippen LogP contribution in [0.25, 0.3) is 0 Å². The summed E-state index contributed by atoms with van der Waals surface area (Å²) in [5.74, 6) is 2.38. The number of carbonyl (C=O) groups excluding carboxylic acids is 1. The molecule has 2 aliphatic carbocycles. The Morgan fingerprint density at radius 2 is 2.30 bits per heavy atom. The van der Waals surface area contributed by atoms with Crippen molar-refractivity contribution in [2.75, 3.05) is 6.54 Å². The number of rotatable bonds is 2. The molecule has 1 aliphatic heterocycles. The maximum absolute atomic E-state index is 13.0. The minimum Gasteiger partial charge on any atom is -0.335 e. The standard InChI is InChI=1S/C17H23NOS/c1-2-15-13-6-8-20-16(13)5-7-18(15)17(19)14-10-11-3-4-12(14)9-11/h6,8,11-12,14-15H,2-5,7,9-10H2,1H3/t11-,12-,14-,15+/m0/s1. The third-order valence-electron chi connectivity index (χ3n) is 5.82. The first kappa shape index (κ1) is 12.9. The van der Waals surface area contributed by atoms with E-state index in [2.05, 4.69) is 23.3 Å². The molecular weight excluding hydrogens is 266 g/mol. The van der Waals surface area contributed by atoms with Gasteiger partial charge in [-0.3, -0.25) is 4.79 Å². The summed E-state index contributed by atoms with van der Waals surface area (Å²) in [6.45, 7) is 3.16. The lowest BCUT2D eigenvalue weighted by atomic mass is 9.86. The van der Waals surface area contributed by atoms with Gasteiger partial charge >= 0.3 is 0 Å². The topological polar surface area (TPSA) is 20.3 Å². The summed E-state index contributed by atoms with van der Waals surface area (Å²) < 4.78 is 0. The molecule has 0 aromatic carbocycles. The molecule has 20 heavy (non-hydrogen) atoms. The second-order valence-corrected chi connectivity index (χ2v) is 7.79. The molecule has 2 fully saturated rings. The van der Waals surface area contributed by atoms with E-state index in [0.29, 0.717) is 23.8 Å². The Balaban J connectivity index is 1.57. The Kier molecular flexibility index (Phi) is 3.13. The van der Waals surface area contributed by atoms with E-state index in [9.17, 15) is 4.79 Å². The Morgan fingerprint density at radius 1 is 1.40 bits per heavy atom. The maximum atomic E-state index is 13.0. The van der Waals surface area contributed by atoms with Gasteiger partial charge in [-0.15, -0.1) is 11.3 Å². The highest BCUT2D eigenvalue weighted by atomic mass is 32.1. The zero-order chi connectivity index (χ0) is 13.7. The van der Waals surface area contributed by atoms with Gasteiger partial charge in [0.05, 0.1) is 6.04 Å². The van der Waals surface area contributed by atoms with Crippen LogP contribution in [0.5, 0.6) is 0 Å². The Morgan fingerprint density at radius 3 is 3.00 bits per heavy atom. The van der Waals surface area contributed by atoms with Crippen LogP contribution in [0.4, 0.5) is 0 Å². The van der Waals surface area contributed by atoms with Crippen molar-refractivity contribution in [3.63, 3.8) is 0 Å². The van der Waals surface area contributed by atoms with E-state index in [1.54, 1.807) is 0 Å². The van der Waals surface area contributed by atoms with Crippen molar-refractivity contribution in [2.24, 2.45) is 17.8 Å². The third-order valence-corrected chi connectivity index (χ3v) is 6.82. The third kappa shape index (κ3) is 1.86. The van der Waals surface area contributed by atoms with Gasteiger partial charge in [0.1, 0.15) is 0 Å². The molecule has 0 N–H and O–H groups in total. The predicted octanol–water partition coefficient (Wildman–Crippen LogP) is 4.02. The van der Waals surface area contributed by atoms with Crippen LogP contribution in [-0.2, 0) is 11.2 Å². The van der Waals surface area contributed by atoms with Crippen LogP contribution in [-0.4, -0.2) is 17.4 Å². The van der Waals surface area contributed by atoms with Crippen molar-refractivity contribution >= 4 is 17.2 Å². The highest BCUT2D eigenvalue weighted by Crippen LogP contribution is 2.50. The molecule has 1 amide bonds. The molecule has 3 heteroatoms. The van der Waals surface area contributed by atoms with E-state index in [-0.39, 0.29) is 0 Å². The quantitative estimate of drug-likeness (QED) is 0.805. The molecule has 1 aromatic heterocycles. The minimum atomic E-state index is 0.344. The first-order chi connectivity index (χ1) is 9.78. The molecule has 2 heterocycles. The monoisotopic (exact) mass is 289 g/mol. The molecule has 2 bridgehead atoms. The average Bonchev–Trinajstić information content (AvgIpc) is 3.20. The van der Waals surface area contributed by atoms with Gasteiger partial charge in [0.25, 0.3) is 0 Å². The van der Waals surface area contributed by atoms with Crippen molar-refractivity contribution < 1.29 is 4.79 Å². The van der Waals surface area contributed by atoms with Gasteiger partial charge in [0.2, 0.25) is 5.91 Å². The maximum Gasteiger partial charge on any atom is 0.226 e. The molecule has 0 spiro atoms. The molecular formula is C17H23NOS. The van der Waals surface area contributed by atoms with Crippen molar-refractivity contribution in [1.29, 1.82) is 0 Å². The Labute approximate surface area is 125 Å². The molecule has 0 saturated heterocycles. The van der Waals surface area contributed by atoms with E-state index in [0.717, 1.165) is 25.3 Å². The Bertz CT molecular complexity index is 523. The minimum absolute atomic E-state index is 0.344. The van der Waals surface area contributed by atoms with Gasteiger partial charge in [0, 0.05) is 17.3 Å². The average molecular weight is 289 g/mol. The van der Waals surface area contributed by atoms with Gasteiger partial charge in [-0.05, 0) is 60.9 Å². The summed E-state index contributed by atoms with van der Waals surface area (Å²) in [6.07, 6.45) is 7.29. The van der Waals surface area contributed by atoms with Crippen molar-refractivity contribution in [3.05, 3.63) is 21.9 Å². The van der Waals surface area contributed by atoms with E-state index in [4.69, 9.17) is 0 Å². The number of carbonyl (C=O) groups is 1. The van der Waals surface area contributed by atoms with Crippen LogP contribution >= 0.6 is 11.3 Å². The predicted molar refractivity (Wildman–Crippen MR) is 81.7 cm³/mol. The molecule has 0 radical (unpaired) electrons. The van der Waals surface area contributed by atoms with Crippen LogP contribution < -0.4 is 0 Å². The zero-order valence-corrected chi connectivity index (χ0v) is 13.0. The lowest BCUT2D eigenvalue weighted by Crippen LogP contribution is -2.43. The number of thiophene rings is 1. The van der Waals surface area contributed by atoms with Gasteiger partial charge < -0.3 is 4.90 Å². The fraction of sp³-hybridized carbons (Fsp3) is 0.706. The zero-order valence-electron chi connectivity index (χ0n) is 12.2. The van der Waals surface area contributed by atoms with Gasteiger partial charge in [0.15, 0.2) is 0 Å². The van der Waals surface area contributed by atoms with E-state index < -0.39 is 0 Å². The summed E-state index contributed by atoms with van der Waals surface area (Å²) in [5.41, 5.74) is 1.43. The van der Waals surface area contributed by atoms with E-state index >= 15 is 0 Å². The molecule has 108 valence electrons. The molecule has 3 aliphatic rings. The highest BCUT2D eigenvalue weighted by Gasteiger charge is 2.45. The number of nitrogens with zero attached hydrogens (tertiary/aromatic N) is 1. The second-order valence-electron chi connectivity index (χ2n) is 6.79. The first-order valence-corrected chi connectivity index (χ1v) is 9.02. The first-order valence-electron chi connectivity index (χ1n) is 8.14. The van der Waals surface area contributed by atoms with Crippen LogP contribution in [0.2, 0.25) is 0 Å². The van der Waals surface area contributed by atoms with Crippen LogP contribution in [0.15, 0.2) is 11.4 Å². The molecule has 4 rings (SSSR count). The second kappa shape index (κ2) is 4.87. The lowest BCUT2D eigenvalue weighted by molar-refractivity contribution is -0.140. The molecule has 0 unspecified atom stereocenters.